The molecule has 2 rings (SSSR count). The number of rotatable bonds is 7. The molecule has 0 aliphatic rings. The maximum absolute atomic E-state index is 12.7. The summed E-state index contributed by atoms with van der Waals surface area (Å²) >= 11 is 0. The minimum absolute atomic E-state index is 0.118. The molecule has 0 radical (unpaired) electrons. The second kappa shape index (κ2) is 7.31. The molecule has 0 spiro atoms. The number of methoxy groups -OCH3 is 1. The first-order valence-corrected chi connectivity index (χ1v) is 8.80. The summed E-state index contributed by atoms with van der Waals surface area (Å²) in [4.78, 5) is 0.197. The van der Waals surface area contributed by atoms with Gasteiger partial charge in [0.15, 0.2) is 9.84 Å². The van der Waals surface area contributed by atoms with Crippen LogP contribution in [0.3, 0.4) is 0 Å². The maximum atomic E-state index is 12.7. The third-order valence-electron chi connectivity index (χ3n) is 3.18. The van der Waals surface area contributed by atoms with Gasteiger partial charge in [0, 0.05) is 5.56 Å². The van der Waals surface area contributed by atoms with E-state index in [0.717, 1.165) is 6.42 Å². The number of sulfone groups is 1. The predicted octanol–water partition coefficient (Wildman–Crippen LogP) is 3.46. The lowest BCUT2D eigenvalue weighted by atomic mass is 10.2. The molecule has 5 heteroatoms. The van der Waals surface area contributed by atoms with Gasteiger partial charge in [0.1, 0.15) is 16.4 Å². The maximum Gasteiger partial charge on any atom is 0.186 e. The Morgan fingerprint density at radius 3 is 2.27 bits per heavy atom. The molecule has 0 atom stereocenters. The Bertz CT molecular complexity index is 723. The Hall–Kier alpha value is -2.01. The van der Waals surface area contributed by atoms with Gasteiger partial charge >= 0.3 is 0 Å². The van der Waals surface area contributed by atoms with Crippen molar-refractivity contribution in [3.05, 3.63) is 54.1 Å². The number of para-hydroxylation sites is 2. The minimum atomic E-state index is -3.51. The second-order valence-corrected chi connectivity index (χ2v) is 6.82. The van der Waals surface area contributed by atoms with Crippen LogP contribution in [-0.2, 0) is 15.6 Å². The Balaban J connectivity index is 2.33. The van der Waals surface area contributed by atoms with Crippen LogP contribution < -0.4 is 9.47 Å². The van der Waals surface area contributed by atoms with E-state index < -0.39 is 9.84 Å². The highest BCUT2D eigenvalue weighted by Gasteiger charge is 2.21. The third-order valence-corrected chi connectivity index (χ3v) is 4.88. The Morgan fingerprint density at radius 1 is 0.955 bits per heavy atom. The average Bonchev–Trinajstić information content (AvgIpc) is 2.53. The number of hydrogen-bond acceptors (Lipinski definition) is 4. The SMILES string of the molecule is CCCOc1ccccc1CS(=O)(=O)c1ccccc1OC. The first-order valence-electron chi connectivity index (χ1n) is 7.15. The zero-order valence-electron chi connectivity index (χ0n) is 12.8. The van der Waals surface area contributed by atoms with Gasteiger partial charge in [0.05, 0.1) is 19.5 Å². The fourth-order valence-corrected chi connectivity index (χ4v) is 3.68. The van der Waals surface area contributed by atoms with Gasteiger partial charge in [-0.15, -0.1) is 0 Å². The summed E-state index contributed by atoms with van der Waals surface area (Å²) in [7, 11) is -2.04. The second-order valence-electron chi connectivity index (χ2n) is 4.87. The standard InChI is InChI=1S/C17H20O4S/c1-3-12-21-15-9-5-4-8-14(15)13-22(18,19)17-11-7-6-10-16(17)20-2/h4-11H,3,12-13H2,1-2H3. The Morgan fingerprint density at radius 2 is 1.59 bits per heavy atom. The van der Waals surface area contributed by atoms with E-state index in [1.165, 1.54) is 7.11 Å². The molecule has 0 N–H and O–H groups in total. The largest absolute Gasteiger partial charge is 0.495 e. The van der Waals surface area contributed by atoms with E-state index >= 15 is 0 Å². The zero-order chi connectivity index (χ0) is 16.0. The molecule has 0 aliphatic heterocycles. The van der Waals surface area contributed by atoms with Crippen LogP contribution in [0, 0.1) is 0 Å². The van der Waals surface area contributed by atoms with Crippen molar-refractivity contribution >= 4 is 9.84 Å². The van der Waals surface area contributed by atoms with E-state index in [4.69, 9.17) is 9.47 Å². The molecule has 2 aromatic rings. The molecule has 0 saturated heterocycles. The molecule has 118 valence electrons. The molecule has 0 unspecified atom stereocenters. The van der Waals surface area contributed by atoms with Crippen molar-refractivity contribution in [2.45, 2.75) is 24.0 Å². The van der Waals surface area contributed by atoms with Crippen LogP contribution >= 0.6 is 0 Å². The molecule has 0 amide bonds. The summed E-state index contributed by atoms with van der Waals surface area (Å²) in [5, 5.41) is 0. The molecule has 0 saturated carbocycles. The monoisotopic (exact) mass is 320 g/mol. The van der Waals surface area contributed by atoms with Gasteiger partial charge in [-0.25, -0.2) is 8.42 Å². The van der Waals surface area contributed by atoms with Crippen molar-refractivity contribution in [2.24, 2.45) is 0 Å². The van der Waals surface area contributed by atoms with Crippen LogP contribution in [0.2, 0.25) is 0 Å². The van der Waals surface area contributed by atoms with Crippen molar-refractivity contribution < 1.29 is 17.9 Å². The first kappa shape index (κ1) is 16.4. The third kappa shape index (κ3) is 3.80. The molecule has 0 heterocycles. The van der Waals surface area contributed by atoms with Gasteiger partial charge < -0.3 is 9.47 Å². The van der Waals surface area contributed by atoms with Crippen LogP contribution in [0.1, 0.15) is 18.9 Å². The van der Waals surface area contributed by atoms with Gasteiger partial charge in [-0.1, -0.05) is 37.3 Å². The highest BCUT2D eigenvalue weighted by Crippen LogP contribution is 2.29. The molecule has 0 aromatic heterocycles. The van der Waals surface area contributed by atoms with E-state index in [9.17, 15) is 8.42 Å². The van der Waals surface area contributed by atoms with Crippen molar-refractivity contribution in [3.8, 4) is 11.5 Å². The van der Waals surface area contributed by atoms with Crippen molar-refractivity contribution in [1.29, 1.82) is 0 Å². The van der Waals surface area contributed by atoms with Gasteiger partial charge in [-0.05, 0) is 24.6 Å². The normalized spacial score (nSPS) is 11.2. The fourth-order valence-electron chi connectivity index (χ4n) is 2.13. The van der Waals surface area contributed by atoms with E-state index in [2.05, 4.69) is 0 Å². The van der Waals surface area contributed by atoms with Gasteiger partial charge in [-0.3, -0.25) is 0 Å². The summed E-state index contributed by atoms with van der Waals surface area (Å²) in [6, 6.07) is 13.9. The lowest BCUT2D eigenvalue weighted by Gasteiger charge is -2.13. The van der Waals surface area contributed by atoms with Crippen molar-refractivity contribution in [2.75, 3.05) is 13.7 Å². The van der Waals surface area contributed by atoms with E-state index in [1.54, 1.807) is 36.4 Å². The summed E-state index contributed by atoms with van der Waals surface area (Å²) in [5.41, 5.74) is 0.654. The van der Waals surface area contributed by atoms with Crippen LogP contribution in [0.4, 0.5) is 0 Å². The fraction of sp³-hybridized carbons (Fsp3) is 0.294. The molecule has 22 heavy (non-hydrogen) atoms. The first-order chi connectivity index (χ1) is 10.6. The number of hydrogen-bond donors (Lipinski definition) is 0. The van der Waals surface area contributed by atoms with Crippen molar-refractivity contribution in [3.63, 3.8) is 0 Å². The van der Waals surface area contributed by atoms with Crippen molar-refractivity contribution in [1.82, 2.24) is 0 Å². The summed E-state index contributed by atoms with van der Waals surface area (Å²) < 4.78 is 36.1. The predicted molar refractivity (Wildman–Crippen MR) is 86.1 cm³/mol. The molecule has 0 aliphatic carbocycles. The average molecular weight is 320 g/mol. The quantitative estimate of drug-likeness (QED) is 0.784. The number of ether oxygens (including phenoxy) is 2. The van der Waals surface area contributed by atoms with Crippen LogP contribution in [0.15, 0.2) is 53.4 Å². The van der Waals surface area contributed by atoms with Gasteiger partial charge in [0.25, 0.3) is 0 Å². The molecule has 0 bridgehead atoms. The van der Waals surface area contributed by atoms with E-state index in [-0.39, 0.29) is 10.6 Å². The van der Waals surface area contributed by atoms with E-state index in [0.29, 0.717) is 23.7 Å². The highest BCUT2D eigenvalue weighted by molar-refractivity contribution is 7.90. The molecule has 0 fully saturated rings. The van der Waals surface area contributed by atoms with Crippen LogP contribution in [0.25, 0.3) is 0 Å². The topological polar surface area (TPSA) is 52.6 Å². The van der Waals surface area contributed by atoms with Gasteiger partial charge in [-0.2, -0.15) is 0 Å². The highest BCUT2D eigenvalue weighted by atomic mass is 32.2. The van der Waals surface area contributed by atoms with E-state index in [1.807, 2.05) is 19.1 Å². The molecular formula is C17H20O4S. The Labute approximate surface area is 131 Å². The summed E-state index contributed by atoms with van der Waals surface area (Å²) in [6.45, 7) is 2.57. The lowest BCUT2D eigenvalue weighted by molar-refractivity contribution is 0.315. The molecule has 4 nitrogen and oxygen atoms in total. The van der Waals surface area contributed by atoms with Gasteiger partial charge in [0.2, 0.25) is 0 Å². The zero-order valence-corrected chi connectivity index (χ0v) is 13.6. The number of benzene rings is 2. The van der Waals surface area contributed by atoms with Crippen LogP contribution in [0.5, 0.6) is 11.5 Å². The minimum Gasteiger partial charge on any atom is -0.495 e. The lowest BCUT2D eigenvalue weighted by Crippen LogP contribution is -2.08. The summed E-state index contributed by atoms with van der Waals surface area (Å²) in [5.74, 6) is 0.852. The molecule has 2 aromatic carbocycles. The summed E-state index contributed by atoms with van der Waals surface area (Å²) in [6.07, 6.45) is 0.869. The molecular weight excluding hydrogens is 300 g/mol. The Kier molecular flexibility index (Phi) is 5.44. The smallest absolute Gasteiger partial charge is 0.186 e. The van der Waals surface area contributed by atoms with Crippen LogP contribution in [-0.4, -0.2) is 22.1 Å².